The Bertz CT molecular complexity index is 222. The molecule has 2 heterocycles. The minimum Gasteiger partial charge on any atom is -0.317 e. The Labute approximate surface area is 106 Å². The number of piperidine rings is 1. The molecule has 3 heteroatoms. The van der Waals surface area contributed by atoms with Crippen LogP contribution in [0.1, 0.15) is 38.5 Å². The zero-order valence-corrected chi connectivity index (χ0v) is 11.0. The van der Waals surface area contributed by atoms with Crippen molar-refractivity contribution in [3.05, 3.63) is 0 Å². The summed E-state index contributed by atoms with van der Waals surface area (Å²) in [5.41, 5.74) is 0.717. The summed E-state index contributed by atoms with van der Waals surface area (Å²) in [6, 6.07) is 0. The molecule has 1 spiro atoms. The highest BCUT2D eigenvalue weighted by atomic mass is 35.5. The fourth-order valence-corrected chi connectivity index (χ4v) is 3.59. The molecule has 3 aliphatic rings. The van der Waals surface area contributed by atoms with E-state index in [1.165, 1.54) is 71.2 Å². The van der Waals surface area contributed by atoms with E-state index in [-0.39, 0.29) is 12.4 Å². The molecule has 0 aromatic rings. The second kappa shape index (κ2) is 5.24. The quantitative estimate of drug-likeness (QED) is 0.802. The van der Waals surface area contributed by atoms with E-state index in [0.717, 1.165) is 11.3 Å². The summed E-state index contributed by atoms with van der Waals surface area (Å²) < 4.78 is 0. The van der Waals surface area contributed by atoms with Gasteiger partial charge in [-0.3, -0.25) is 0 Å². The van der Waals surface area contributed by atoms with Gasteiger partial charge in [0.15, 0.2) is 0 Å². The molecule has 1 saturated carbocycles. The predicted molar refractivity (Wildman–Crippen MR) is 70.2 cm³/mol. The molecule has 0 atom stereocenters. The molecule has 1 N–H and O–H groups in total. The summed E-state index contributed by atoms with van der Waals surface area (Å²) >= 11 is 0. The smallest absolute Gasteiger partial charge is 0.00395 e. The van der Waals surface area contributed by atoms with Crippen molar-refractivity contribution in [2.75, 3.05) is 32.7 Å². The minimum atomic E-state index is 0. The number of nitrogens with zero attached hydrogens (tertiary/aromatic N) is 1. The number of hydrogen-bond acceptors (Lipinski definition) is 2. The number of nitrogens with one attached hydrogen (secondary N) is 1. The van der Waals surface area contributed by atoms with Crippen LogP contribution in [0.2, 0.25) is 0 Å². The molecule has 94 valence electrons. The molecule has 3 fully saturated rings. The Hall–Kier alpha value is 0.210. The van der Waals surface area contributed by atoms with Gasteiger partial charge in [0.2, 0.25) is 0 Å². The topological polar surface area (TPSA) is 15.3 Å². The van der Waals surface area contributed by atoms with Crippen LogP contribution in [0.3, 0.4) is 0 Å². The maximum absolute atomic E-state index is 3.50. The van der Waals surface area contributed by atoms with E-state index in [1.54, 1.807) is 0 Å². The molecule has 3 rings (SSSR count). The first kappa shape index (κ1) is 12.7. The van der Waals surface area contributed by atoms with Gasteiger partial charge in [0, 0.05) is 13.1 Å². The Morgan fingerprint density at radius 1 is 1.12 bits per heavy atom. The molecule has 0 amide bonds. The van der Waals surface area contributed by atoms with E-state index in [2.05, 4.69) is 10.2 Å². The van der Waals surface area contributed by atoms with Crippen LogP contribution in [-0.4, -0.2) is 37.6 Å². The van der Waals surface area contributed by atoms with Gasteiger partial charge in [0.05, 0.1) is 0 Å². The first-order chi connectivity index (χ1) is 7.36. The highest BCUT2D eigenvalue weighted by Crippen LogP contribution is 2.39. The van der Waals surface area contributed by atoms with Gasteiger partial charge in [-0.25, -0.2) is 0 Å². The van der Waals surface area contributed by atoms with E-state index in [1.807, 2.05) is 0 Å². The van der Waals surface area contributed by atoms with Crippen LogP contribution in [-0.2, 0) is 0 Å². The van der Waals surface area contributed by atoms with Crippen molar-refractivity contribution in [2.24, 2.45) is 11.3 Å². The molecule has 0 unspecified atom stereocenters. The van der Waals surface area contributed by atoms with Gasteiger partial charge in [-0.2, -0.15) is 0 Å². The third-order valence-electron chi connectivity index (χ3n) is 4.92. The van der Waals surface area contributed by atoms with E-state index in [0.29, 0.717) is 0 Å². The SMILES string of the molecule is C1CC(CN2CCC3(CCNCC3)C2)C1.Cl. The largest absolute Gasteiger partial charge is 0.317 e. The van der Waals surface area contributed by atoms with Crippen LogP contribution >= 0.6 is 12.4 Å². The van der Waals surface area contributed by atoms with Gasteiger partial charge in [-0.05, 0) is 63.1 Å². The second-order valence-corrected chi connectivity index (χ2v) is 6.03. The van der Waals surface area contributed by atoms with Gasteiger partial charge in [0.25, 0.3) is 0 Å². The molecule has 2 aliphatic heterocycles. The van der Waals surface area contributed by atoms with Crippen LogP contribution < -0.4 is 5.32 Å². The van der Waals surface area contributed by atoms with Crippen molar-refractivity contribution < 1.29 is 0 Å². The fraction of sp³-hybridized carbons (Fsp3) is 1.00. The average Bonchev–Trinajstić information content (AvgIpc) is 2.57. The lowest BCUT2D eigenvalue weighted by Crippen LogP contribution is -2.39. The zero-order valence-electron chi connectivity index (χ0n) is 10.2. The van der Waals surface area contributed by atoms with Crippen molar-refractivity contribution in [3.63, 3.8) is 0 Å². The highest BCUT2D eigenvalue weighted by molar-refractivity contribution is 5.85. The number of hydrogen-bond donors (Lipinski definition) is 1. The molecule has 1 aliphatic carbocycles. The van der Waals surface area contributed by atoms with E-state index in [9.17, 15) is 0 Å². The fourth-order valence-electron chi connectivity index (χ4n) is 3.59. The lowest BCUT2D eigenvalue weighted by molar-refractivity contribution is 0.162. The monoisotopic (exact) mass is 244 g/mol. The van der Waals surface area contributed by atoms with Gasteiger partial charge >= 0.3 is 0 Å². The van der Waals surface area contributed by atoms with Crippen molar-refractivity contribution >= 4 is 12.4 Å². The summed E-state index contributed by atoms with van der Waals surface area (Å²) in [6.07, 6.45) is 8.83. The number of halogens is 1. The predicted octanol–water partition coefficient (Wildman–Crippen LogP) is 2.28. The first-order valence-electron chi connectivity index (χ1n) is 6.79. The van der Waals surface area contributed by atoms with E-state index >= 15 is 0 Å². The maximum atomic E-state index is 3.50. The van der Waals surface area contributed by atoms with Gasteiger partial charge < -0.3 is 10.2 Å². The van der Waals surface area contributed by atoms with Crippen LogP contribution in [0.4, 0.5) is 0 Å². The summed E-state index contributed by atoms with van der Waals surface area (Å²) in [7, 11) is 0. The molecule has 0 aromatic heterocycles. The van der Waals surface area contributed by atoms with E-state index in [4.69, 9.17) is 0 Å². The lowest BCUT2D eigenvalue weighted by Gasteiger charge is -2.35. The summed E-state index contributed by atoms with van der Waals surface area (Å²) in [5.74, 6) is 1.06. The molecule has 2 saturated heterocycles. The molecule has 0 aromatic carbocycles. The average molecular weight is 245 g/mol. The first-order valence-corrected chi connectivity index (χ1v) is 6.79. The maximum Gasteiger partial charge on any atom is 0.00395 e. The Balaban J connectivity index is 0.000000963. The summed E-state index contributed by atoms with van der Waals surface area (Å²) in [6.45, 7) is 6.73. The minimum absolute atomic E-state index is 0. The van der Waals surface area contributed by atoms with E-state index < -0.39 is 0 Å². The van der Waals surface area contributed by atoms with Crippen LogP contribution in [0.5, 0.6) is 0 Å². The number of rotatable bonds is 2. The molecular weight excluding hydrogens is 220 g/mol. The summed E-state index contributed by atoms with van der Waals surface area (Å²) in [5, 5.41) is 3.50. The van der Waals surface area contributed by atoms with Gasteiger partial charge in [0.1, 0.15) is 0 Å². The lowest BCUT2D eigenvalue weighted by atomic mass is 9.78. The van der Waals surface area contributed by atoms with Crippen molar-refractivity contribution in [1.82, 2.24) is 10.2 Å². The van der Waals surface area contributed by atoms with Crippen molar-refractivity contribution in [1.29, 1.82) is 0 Å². The second-order valence-electron chi connectivity index (χ2n) is 6.03. The molecule has 0 bridgehead atoms. The Kier molecular flexibility index (Phi) is 4.15. The van der Waals surface area contributed by atoms with Crippen LogP contribution in [0.15, 0.2) is 0 Å². The summed E-state index contributed by atoms with van der Waals surface area (Å²) in [4.78, 5) is 2.76. The van der Waals surface area contributed by atoms with Gasteiger partial charge in [-0.15, -0.1) is 12.4 Å². The van der Waals surface area contributed by atoms with Crippen LogP contribution in [0.25, 0.3) is 0 Å². The van der Waals surface area contributed by atoms with Crippen LogP contribution in [0, 0.1) is 11.3 Å². The third-order valence-corrected chi connectivity index (χ3v) is 4.92. The highest BCUT2D eigenvalue weighted by Gasteiger charge is 2.39. The normalized spacial score (nSPS) is 30.0. The standard InChI is InChI=1S/C13H24N2.ClH/c1-2-12(3-1)10-15-9-6-13(11-15)4-7-14-8-5-13;/h12,14H,1-11H2;1H. The zero-order chi connectivity index (χ0) is 10.1. The molecule has 2 nitrogen and oxygen atoms in total. The third kappa shape index (κ3) is 2.55. The molecular formula is C13H25ClN2. The molecule has 16 heavy (non-hydrogen) atoms. The van der Waals surface area contributed by atoms with Gasteiger partial charge in [-0.1, -0.05) is 6.42 Å². The Morgan fingerprint density at radius 3 is 2.50 bits per heavy atom. The van der Waals surface area contributed by atoms with Crippen molar-refractivity contribution in [3.8, 4) is 0 Å². The molecule has 0 radical (unpaired) electrons. The Morgan fingerprint density at radius 2 is 1.88 bits per heavy atom. The number of likely N-dealkylation sites (tertiary alicyclic amines) is 1. The van der Waals surface area contributed by atoms with Crippen molar-refractivity contribution in [2.45, 2.75) is 38.5 Å².